The molecule has 2 nitrogen and oxygen atoms in total. The molecule has 0 aromatic heterocycles. The summed E-state index contributed by atoms with van der Waals surface area (Å²) in [4.78, 5) is 24.4. The van der Waals surface area contributed by atoms with E-state index in [2.05, 4.69) is 31.9 Å². The average Bonchev–Trinajstić information content (AvgIpc) is 2.81. The zero-order valence-electron chi connectivity index (χ0n) is 10.4. The second-order valence-electron chi connectivity index (χ2n) is 5.66. The van der Waals surface area contributed by atoms with Crippen LogP contribution in [0.5, 0.6) is 0 Å². The third-order valence-electron chi connectivity index (χ3n) is 4.09. The van der Waals surface area contributed by atoms with E-state index in [0.29, 0.717) is 25.7 Å². The largest absolute Gasteiger partial charge is 0.299 e. The van der Waals surface area contributed by atoms with E-state index in [1.807, 2.05) is 24.3 Å². The number of rotatable bonds is 0. The van der Waals surface area contributed by atoms with Gasteiger partial charge in [-0.05, 0) is 17.5 Å². The molecule has 1 fully saturated rings. The molecule has 100 valence electrons. The monoisotopic (exact) mass is 384 g/mol. The molecule has 19 heavy (non-hydrogen) atoms. The number of carbonyl (C=O) groups excluding carboxylic acids is 2. The molecule has 1 aromatic carbocycles. The molecule has 1 aromatic rings. The fourth-order valence-corrected chi connectivity index (χ4v) is 5.16. The van der Waals surface area contributed by atoms with Gasteiger partial charge in [0.05, 0.1) is 0 Å². The first-order valence-electron chi connectivity index (χ1n) is 6.40. The number of benzene rings is 1. The Morgan fingerprint density at radius 3 is 1.68 bits per heavy atom. The van der Waals surface area contributed by atoms with Crippen molar-refractivity contribution in [3.63, 3.8) is 0 Å². The smallest absolute Gasteiger partial charge is 0.138 e. The van der Waals surface area contributed by atoms with Crippen LogP contribution in [-0.4, -0.2) is 20.2 Å². The Labute approximate surface area is 129 Å². The summed E-state index contributed by atoms with van der Waals surface area (Å²) in [6.45, 7) is 0. The van der Waals surface area contributed by atoms with E-state index in [4.69, 9.17) is 0 Å². The third kappa shape index (κ3) is 2.45. The SMILES string of the molecule is O=C1Cc2ccccc2CC(=O)CC2(Br)CC2(Br)C1. The molecule has 1 saturated carbocycles. The highest BCUT2D eigenvalue weighted by atomic mass is 79.9. The summed E-state index contributed by atoms with van der Waals surface area (Å²) >= 11 is 7.31. The van der Waals surface area contributed by atoms with Crippen LogP contribution >= 0.6 is 31.9 Å². The molecule has 2 aliphatic carbocycles. The molecule has 3 rings (SSSR count). The fourth-order valence-electron chi connectivity index (χ4n) is 2.92. The van der Waals surface area contributed by atoms with E-state index in [9.17, 15) is 9.59 Å². The molecule has 2 unspecified atom stereocenters. The molecule has 0 heterocycles. The first-order valence-corrected chi connectivity index (χ1v) is 7.99. The fraction of sp³-hybridized carbons (Fsp3) is 0.467. The molecule has 0 radical (unpaired) electrons. The van der Waals surface area contributed by atoms with E-state index >= 15 is 0 Å². The van der Waals surface area contributed by atoms with Gasteiger partial charge < -0.3 is 0 Å². The number of alkyl halides is 2. The standard InChI is InChI=1S/C15H14Br2O2/c16-14-7-12(18)5-10-3-1-2-4-11(10)6-13(19)8-15(14,17)9-14/h1-4H,5-9H2. The van der Waals surface area contributed by atoms with Gasteiger partial charge in [0, 0.05) is 34.3 Å². The summed E-state index contributed by atoms with van der Waals surface area (Å²) in [6.07, 6.45) is 2.67. The predicted molar refractivity (Wildman–Crippen MR) is 81.0 cm³/mol. The summed E-state index contributed by atoms with van der Waals surface area (Å²) in [6, 6.07) is 7.77. The zero-order valence-corrected chi connectivity index (χ0v) is 13.6. The van der Waals surface area contributed by atoms with Crippen LogP contribution in [0.3, 0.4) is 0 Å². The van der Waals surface area contributed by atoms with E-state index in [-0.39, 0.29) is 20.2 Å². The number of halogens is 2. The third-order valence-corrected chi connectivity index (χ3v) is 7.26. The van der Waals surface area contributed by atoms with E-state index < -0.39 is 0 Å². The lowest BCUT2D eigenvalue weighted by atomic mass is 9.93. The van der Waals surface area contributed by atoms with Gasteiger partial charge in [-0.3, -0.25) is 9.59 Å². The lowest BCUT2D eigenvalue weighted by molar-refractivity contribution is -0.120. The maximum Gasteiger partial charge on any atom is 0.138 e. The highest BCUT2D eigenvalue weighted by Crippen LogP contribution is 2.65. The van der Waals surface area contributed by atoms with Crippen LogP contribution in [-0.2, 0) is 22.4 Å². The van der Waals surface area contributed by atoms with Crippen LogP contribution in [0.2, 0.25) is 0 Å². The highest BCUT2D eigenvalue weighted by molar-refractivity contribution is 9.13. The Morgan fingerprint density at radius 1 is 0.842 bits per heavy atom. The topological polar surface area (TPSA) is 34.1 Å². The second kappa shape index (κ2) is 4.52. The van der Waals surface area contributed by atoms with Gasteiger partial charge in [0.1, 0.15) is 11.6 Å². The van der Waals surface area contributed by atoms with Crippen molar-refractivity contribution in [2.75, 3.05) is 0 Å². The first-order chi connectivity index (χ1) is 8.92. The molecule has 2 aliphatic rings. The van der Waals surface area contributed by atoms with Crippen molar-refractivity contribution >= 4 is 43.4 Å². The first kappa shape index (κ1) is 13.5. The van der Waals surface area contributed by atoms with E-state index in [1.165, 1.54) is 0 Å². The Morgan fingerprint density at radius 2 is 1.26 bits per heavy atom. The number of fused-ring (bicyclic) bond motifs is 2. The Balaban J connectivity index is 1.95. The number of hydrogen-bond acceptors (Lipinski definition) is 2. The van der Waals surface area contributed by atoms with Gasteiger partial charge in [0.2, 0.25) is 0 Å². The van der Waals surface area contributed by atoms with Gasteiger partial charge in [-0.25, -0.2) is 0 Å². The van der Waals surface area contributed by atoms with Gasteiger partial charge in [-0.1, -0.05) is 56.1 Å². The minimum absolute atomic E-state index is 0.223. The van der Waals surface area contributed by atoms with Gasteiger partial charge in [0.25, 0.3) is 0 Å². The quantitative estimate of drug-likeness (QED) is 0.641. The number of carbonyl (C=O) groups is 2. The normalized spacial score (nSPS) is 34.4. The molecular formula is C15H14Br2O2. The Bertz CT molecular complexity index is 520. The van der Waals surface area contributed by atoms with Crippen molar-refractivity contribution in [2.45, 2.75) is 40.8 Å². The highest BCUT2D eigenvalue weighted by Gasteiger charge is 2.65. The summed E-state index contributed by atoms with van der Waals surface area (Å²) in [5, 5.41) is 0. The molecular weight excluding hydrogens is 372 g/mol. The van der Waals surface area contributed by atoms with Crippen LogP contribution < -0.4 is 0 Å². The van der Waals surface area contributed by atoms with Crippen molar-refractivity contribution < 1.29 is 9.59 Å². The van der Waals surface area contributed by atoms with Crippen LogP contribution in [0, 0.1) is 0 Å². The van der Waals surface area contributed by atoms with Gasteiger partial charge in [-0.2, -0.15) is 0 Å². The number of Topliss-reactive ketones (excluding diaryl/α,β-unsaturated/α-hetero) is 2. The molecule has 2 atom stereocenters. The number of ketones is 2. The second-order valence-corrected chi connectivity index (χ2v) is 8.70. The predicted octanol–water partition coefficient (Wildman–Crippen LogP) is 3.37. The molecule has 0 bridgehead atoms. The minimum Gasteiger partial charge on any atom is -0.299 e. The lowest BCUT2D eigenvalue weighted by Gasteiger charge is -2.18. The van der Waals surface area contributed by atoms with E-state index in [0.717, 1.165) is 17.5 Å². The van der Waals surface area contributed by atoms with Gasteiger partial charge >= 0.3 is 0 Å². The molecule has 0 N–H and O–H groups in total. The zero-order chi connectivity index (χ0) is 13.7. The molecule has 0 spiro atoms. The molecule has 4 heteroatoms. The lowest BCUT2D eigenvalue weighted by Crippen LogP contribution is -2.24. The molecule has 0 aliphatic heterocycles. The maximum atomic E-state index is 12.2. The van der Waals surface area contributed by atoms with Crippen molar-refractivity contribution in [1.29, 1.82) is 0 Å². The van der Waals surface area contributed by atoms with E-state index in [1.54, 1.807) is 0 Å². The average molecular weight is 386 g/mol. The molecule has 0 amide bonds. The van der Waals surface area contributed by atoms with Crippen molar-refractivity contribution in [3.05, 3.63) is 35.4 Å². The summed E-state index contributed by atoms with van der Waals surface area (Å²) < 4.78 is -0.446. The van der Waals surface area contributed by atoms with Crippen molar-refractivity contribution in [3.8, 4) is 0 Å². The summed E-state index contributed by atoms with van der Waals surface area (Å²) in [7, 11) is 0. The van der Waals surface area contributed by atoms with Crippen LogP contribution in [0.4, 0.5) is 0 Å². The Hall–Kier alpha value is -0.480. The number of hydrogen-bond donors (Lipinski definition) is 0. The van der Waals surface area contributed by atoms with Crippen LogP contribution in [0.15, 0.2) is 24.3 Å². The van der Waals surface area contributed by atoms with Gasteiger partial charge in [0.15, 0.2) is 0 Å². The Kier molecular flexibility index (Phi) is 3.21. The minimum atomic E-state index is -0.223. The van der Waals surface area contributed by atoms with Gasteiger partial charge in [-0.15, -0.1) is 0 Å². The van der Waals surface area contributed by atoms with Crippen molar-refractivity contribution in [1.82, 2.24) is 0 Å². The molecule has 0 saturated heterocycles. The van der Waals surface area contributed by atoms with Crippen LogP contribution in [0.25, 0.3) is 0 Å². The van der Waals surface area contributed by atoms with Crippen LogP contribution in [0.1, 0.15) is 30.4 Å². The van der Waals surface area contributed by atoms with Crippen molar-refractivity contribution in [2.24, 2.45) is 0 Å². The summed E-state index contributed by atoms with van der Waals surface area (Å²) in [5.74, 6) is 0.472. The maximum absolute atomic E-state index is 12.2. The summed E-state index contributed by atoms with van der Waals surface area (Å²) in [5.41, 5.74) is 2.00.